The standard InChI is InChI=1S/C11H21O5P/c1-3-15-17(12,16-4-2)8-6-5-7-13-9-11-10-14-11/h5-6,11H,3-4,7-10H2,1-2H3. The zero-order valence-corrected chi connectivity index (χ0v) is 11.4. The van der Waals surface area contributed by atoms with Gasteiger partial charge in [0.2, 0.25) is 0 Å². The lowest BCUT2D eigenvalue weighted by Crippen LogP contribution is -2.01. The minimum atomic E-state index is -2.94. The van der Waals surface area contributed by atoms with Crippen LogP contribution in [0.1, 0.15) is 13.8 Å². The lowest BCUT2D eigenvalue weighted by Gasteiger charge is -2.14. The number of epoxide rings is 1. The molecule has 1 aliphatic rings. The Labute approximate surface area is 103 Å². The van der Waals surface area contributed by atoms with E-state index in [0.717, 1.165) is 6.61 Å². The van der Waals surface area contributed by atoms with Crippen LogP contribution in [0.25, 0.3) is 0 Å². The fraction of sp³-hybridized carbons (Fsp3) is 0.818. The summed E-state index contributed by atoms with van der Waals surface area (Å²) >= 11 is 0. The molecule has 17 heavy (non-hydrogen) atoms. The zero-order valence-electron chi connectivity index (χ0n) is 10.5. The van der Waals surface area contributed by atoms with Gasteiger partial charge in [-0.3, -0.25) is 4.57 Å². The minimum absolute atomic E-state index is 0.279. The first-order valence-electron chi connectivity index (χ1n) is 5.92. The van der Waals surface area contributed by atoms with Gasteiger partial charge < -0.3 is 18.5 Å². The highest BCUT2D eigenvalue weighted by molar-refractivity contribution is 7.54. The van der Waals surface area contributed by atoms with Crippen LogP contribution < -0.4 is 0 Å². The van der Waals surface area contributed by atoms with E-state index in [1.807, 2.05) is 6.08 Å². The Morgan fingerprint density at radius 3 is 2.47 bits per heavy atom. The van der Waals surface area contributed by atoms with E-state index in [2.05, 4.69) is 0 Å². The molecule has 1 fully saturated rings. The van der Waals surface area contributed by atoms with Crippen molar-refractivity contribution in [3.63, 3.8) is 0 Å². The van der Waals surface area contributed by atoms with Crippen molar-refractivity contribution in [1.29, 1.82) is 0 Å². The Morgan fingerprint density at radius 2 is 1.94 bits per heavy atom. The van der Waals surface area contributed by atoms with E-state index in [4.69, 9.17) is 18.5 Å². The van der Waals surface area contributed by atoms with Crippen LogP contribution in [0.3, 0.4) is 0 Å². The largest absolute Gasteiger partial charge is 0.375 e. The summed E-state index contributed by atoms with van der Waals surface area (Å²) in [4.78, 5) is 0. The van der Waals surface area contributed by atoms with Crippen LogP contribution >= 0.6 is 7.60 Å². The van der Waals surface area contributed by atoms with Crippen molar-refractivity contribution >= 4 is 7.60 Å². The van der Waals surface area contributed by atoms with Gasteiger partial charge in [-0.25, -0.2) is 0 Å². The SMILES string of the molecule is CCOP(=O)(CC=CCOCC1CO1)OCC. The third-order valence-electron chi connectivity index (χ3n) is 2.07. The Hall–Kier alpha value is -0.190. The van der Waals surface area contributed by atoms with E-state index < -0.39 is 7.60 Å². The molecule has 1 heterocycles. The molecule has 5 nitrogen and oxygen atoms in total. The highest BCUT2D eigenvalue weighted by Crippen LogP contribution is 2.47. The van der Waals surface area contributed by atoms with Gasteiger partial charge in [0.05, 0.1) is 39.2 Å². The fourth-order valence-electron chi connectivity index (χ4n) is 1.24. The molecule has 100 valence electrons. The molecule has 0 saturated carbocycles. The lowest BCUT2D eigenvalue weighted by atomic mass is 10.5. The number of hydrogen-bond donors (Lipinski definition) is 0. The van der Waals surface area contributed by atoms with Gasteiger partial charge in [0.15, 0.2) is 0 Å². The van der Waals surface area contributed by atoms with Gasteiger partial charge in [0.25, 0.3) is 0 Å². The van der Waals surface area contributed by atoms with Crippen LogP contribution in [0.5, 0.6) is 0 Å². The summed E-state index contributed by atoms with van der Waals surface area (Å²) in [6.45, 7) is 6.30. The van der Waals surface area contributed by atoms with Crippen LogP contribution in [-0.2, 0) is 23.1 Å². The highest BCUT2D eigenvalue weighted by atomic mass is 31.2. The monoisotopic (exact) mass is 264 g/mol. The van der Waals surface area contributed by atoms with Gasteiger partial charge in [-0.15, -0.1) is 0 Å². The Bertz CT molecular complexity index is 265. The van der Waals surface area contributed by atoms with Gasteiger partial charge in [-0.05, 0) is 13.8 Å². The van der Waals surface area contributed by atoms with E-state index in [-0.39, 0.29) is 12.3 Å². The van der Waals surface area contributed by atoms with Crippen LogP contribution in [-0.4, -0.2) is 45.3 Å². The van der Waals surface area contributed by atoms with Crippen molar-refractivity contribution < 1.29 is 23.1 Å². The van der Waals surface area contributed by atoms with Gasteiger partial charge in [0, 0.05) is 0 Å². The molecule has 1 aliphatic heterocycles. The van der Waals surface area contributed by atoms with Crippen molar-refractivity contribution in [3.05, 3.63) is 12.2 Å². The fourth-order valence-corrected chi connectivity index (χ4v) is 2.72. The van der Waals surface area contributed by atoms with Crippen LogP contribution in [0, 0.1) is 0 Å². The number of rotatable bonds is 10. The van der Waals surface area contributed by atoms with Crippen LogP contribution in [0.2, 0.25) is 0 Å². The molecular weight excluding hydrogens is 243 g/mol. The lowest BCUT2D eigenvalue weighted by molar-refractivity contribution is 0.141. The molecular formula is C11H21O5P. The van der Waals surface area contributed by atoms with E-state index in [1.54, 1.807) is 19.9 Å². The number of hydrogen-bond acceptors (Lipinski definition) is 5. The maximum Gasteiger partial charge on any atom is 0.334 e. The third-order valence-corrected chi connectivity index (χ3v) is 4.03. The zero-order chi connectivity index (χ0) is 12.6. The molecule has 0 N–H and O–H groups in total. The first kappa shape index (κ1) is 14.9. The summed E-state index contributed by atoms with van der Waals surface area (Å²) in [5.74, 6) is 0. The third kappa shape index (κ3) is 6.96. The summed E-state index contributed by atoms with van der Waals surface area (Å²) in [6, 6.07) is 0. The van der Waals surface area contributed by atoms with E-state index >= 15 is 0 Å². The summed E-state index contributed by atoms with van der Waals surface area (Å²) < 4.78 is 32.6. The molecule has 0 bridgehead atoms. The van der Waals surface area contributed by atoms with Crippen LogP contribution in [0.15, 0.2) is 12.2 Å². The normalized spacial score (nSPS) is 20.0. The molecule has 1 saturated heterocycles. The summed E-state index contributed by atoms with van der Waals surface area (Å²) in [7, 11) is -2.94. The van der Waals surface area contributed by atoms with Crippen molar-refractivity contribution in [1.82, 2.24) is 0 Å². The maximum atomic E-state index is 12.0. The van der Waals surface area contributed by atoms with Crippen molar-refractivity contribution in [2.75, 3.05) is 39.2 Å². The topological polar surface area (TPSA) is 57.3 Å². The number of ether oxygens (including phenoxy) is 2. The minimum Gasteiger partial charge on any atom is -0.375 e. The molecule has 0 aliphatic carbocycles. The summed E-state index contributed by atoms with van der Waals surface area (Å²) in [6.07, 6.45) is 4.17. The Kier molecular flexibility index (Phi) is 7.00. The smallest absolute Gasteiger partial charge is 0.334 e. The predicted molar refractivity (Wildman–Crippen MR) is 65.4 cm³/mol. The average molecular weight is 264 g/mol. The second-order valence-electron chi connectivity index (χ2n) is 3.59. The van der Waals surface area contributed by atoms with Gasteiger partial charge in [-0.1, -0.05) is 12.2 Å². The molecule has 0 spiro atoms. The molecule has 0 aromatic heterocycles. The molecule has 6 heteroatoms. The maximum absolute atomic E-state index is 12.0. The predicted octanol–water partition coefficient (Wildman–Crippen LogP) is 2.22. The van der Waals surface area contributed by atoms with E-state index in [0.29, 0.717) is 26.4 Å². The molecule has 1 atom stereocenters. The molecule has 0 aromatic carbocycles. The summed E-state index contributed by atoms with van der Waals surface area (Å²) in [5, 5.41) is 0. The van der Waals surface area contributed by atoms with Crippen molar-refractivity contribution in [3.8, 4) is 0 Å². The summed E-state index contributed by atoms with van der Waals surface area (Å²) in [5.41, 5.74) is 0. The quantitative estimate of drug-likeness (QED) is 0.262. The Morgan fingerprint density at radius 1 is 1.29 bits per heavy atom. The molecule has 1 unspecified atom stereocenters. The molecule has 0 radical (unpaired) electrons. The van der Waals surface area contributed by atoms with Crippen molar-refractivity contribution in [2.45, 2.75) is 20.0 Å². The van der Waals surface area contributed by atoms with Crippen LogP contribution in [0.4, 0.5) is 0 Å². The van der Waals surface area contributed by atoms with E-state index in [9.17, 15) is 4.57 Å². The van der Waals surface area contributed by atoms with Crippen molar-refractivity contribution in [2.24, 2.45) is 0 Å². The molecule has 0 aromatic rings. The number of allylic oxidation sites excluding steroid dienone is 1. The van der Waals surface area contributed by atoms with Gasteiger partial charge in [0.1, 0.15) is 6.10 Å². The second-order valence-corrected chi connectivity index (χ2v) is 5.70. The van der Waals surface area contributed by atoms with Gasteiger partial charge >= 0.3 is 7.60 Å². The van der Waals surface area contributed by atoms with Gasteiger partial charge in [-0.2, -0.15) is 0 Å². The molecule has 1 rings (SSSR count). The molecule has 0 amide bonds. The van der Waals surface area contributed by atoms with E-state index in [1.165, 1.54) is 0 Å². The first-order valence-corrected chi connectivity index (χ1v) is 7.65. The average Bonchev–Trinajstić information content (AvgIpc) is 3.08. The first-order chi connectivity index (χ1) is 8.20. The highest BCUT2D eigenvalue weighted by Gasteiger charge is 2.22. The Balaban J connectivity index is 2.14. The second kappa shape index (κ2) is 8.01.